The molecule has 3 nitrogen and oxygen atoms in total. The molecule has 0 unspecified atom stereocenters. The maximum Gasteiger partial charge on any atom is 1.00 e. The van der Waals surface area contributed by atoms with Crippen LogP contribution in [0.3, 0.4) is 0 Å². The molecular weight excluding hydrogens is 229 g/mol. The first-order valence-corrected chi connectivity index (χ1v) is 4.97. The van der Waals surface area contributed by atoms with Crippen LogP contribution >= 0.6 is 0 Å². The van der Waals surface area contributed by atoms with Crippen LogP contribution in [0.1, 0.15) is 35.3 Å². The molecule has 0 atom stereocenters. The van der Waals surface area contributed by atoms with Gasteiger partial charge in [0.1, 0.15) is 0 Å². The third-order valence-electron chi connectivity index (χ3n) is 1.89. The average molecular weight is 247 g/mol. The molecule has 0 saturated heterocycles. The SMILES string of the molecule is CC.COC(=O)c1cc(C)cc(C)c1[NH-].[K+]. The molecule has 1 rings (SSSR count). The second kappa shape index (κ2) is 9.19. The molecule has 1 aromatic carbocycles. The van der Waals surface area contributed by atoms with Gasteiger partial charge in [0, 0.05) is 5.56 Å². The zero-order valence-electron chi connectivity index (χ0n) is 11.0. The molecule has 1 aromatic rings. The maximum atomic E-state index is 11.2. The number of carbonyl (C=O) groups excluding carboxylic acids is 1. The van der Waals surface area contributed by atoms with Crippen LogP contribution in [0.15, 0.2) is 12.1 Å². The van der Waals surface area contributed by atoms with Crippen LogP contribution in [0, 0.1) is 13.8 Å². The van der Waals surface area contributed by atoms with E-state index >= 15 is 0 Å². The average Bonchev–Trinajstić information content (AvgIpc) is 2.25. The van der Waals surface area contributed by atoms with Crippen molar-refractivity contribution in [3.8, 4) is 0 Å². The standard InChI is InChI=1S/C10H13NO2.C2H6.K/c1-6-4-7(2)9(11)8(5-6)10(12)13-3;1-2;/h4-5H,1-3H3,(H2,11,12);1-2H3;/q;;+1/p-1. The molecule has 0 aromatic heterocycles. The fraction of sp³-hybridized carbons (Fsp3) is 0.417. The molecule has 0 fully saturated rings. The van der Waals surface area contributed by atoms with Gasteiger partial charge in [-0.3, -0.25) is 0 Å². The van der Waals surface area contributed by atoms with Gasteiger partial charge >= 0.3 is 57.4 Å². The number of hydrogen-bond donors (Lipinski definition) is 0. The minimum Gasteiger partial charge on any atom is -0.698 e. The minimum atomic E-state index is -0.447. The molecule has 0 saturated carbocycles. The Labute approximate surface area is 140 Å². The monoisotopic (exact) mass is 247 g/mol. The Morgan fingerprint density at radius 1 is 1.25 bits per heavy atom. The predicted molar refractivity (Wildman–Crippen MR) is 62.6 cm³/mol. The normalized spacial score (nSPS) is 8.31. The van der Waals surface area contributed by atoms with E-state index in [1.54, 1.807) is 6.07 Å². The van der Waals surface area contributed by atoms with Crippen molar-refractivity contribution in [3.63, 3.8) is 0 Å². The summed E-state index contributed by atoms with van der Waals surface area (Å²) in [6.07, 6.45) is 0. The maximum absolute atomic E-state index is 11.2. The van der Waals surface area contributed by atoms with Crippen LogP contribution < -0.4 is 51.4 Å². The summed E-state index contributed by atoms with van der Waals surface area (Å²) < 4.78 is 4.57. The zero-order chi connectivity index (χ0) is 12.0. The predicted octanol–water partition coefficient (Wildman–Crippen LogP) is 0.804. The second-order valence-corrected chi connectivity index (χ2v) is 3.00. The topological polar surface area (TPSA) is 50.1 Å². The van der Waals surface area contributed by atoms with Crippen molar-refractivity contribution in [2.24, 2.45) is 0 Å². The second-order valence-electron chi connectivity index (χ2n) is 3.00. The van der Waals surface area contributed by atoms with E-state index < -0.39 is 5.97 Å². The van der Waals surface area contributed by atoms with Crippen molar-refractivity contribution in [2.75, 3.05) is 7.11 Å². The molecule has 0 spiro atoms. The molecule has 0 aliphatic heterocycles. The molecule has 0 amide bonds. The Morgan fingerprint density at radius 2 is 1.75 bits per heavy atom. The number of rotatable bonds is 1. The summed E-state index contributed by atoms with van der Waals surface area (Å²) in [7, 11) is 1.32. The van der Waals surface area contributed by atoms with Gasteiger partial charge in [-0.2, -0.15) is 0 Å². The molecule has 84 valence electrons. The molecule has 0 aliphatic rings. The van der Waals surface area contributed by atoms with E-state index in [-0.39, 0.29) is 57.1 Å². The van der Waals surface area contributed by atoms with Gasteiger partial charge in [-0.15, -0.1) is 5.69 Å². The van der Waals surface area contributed by atoms with E-state index in [9.17, 15) is 4.79 Å². The van der Waals surface area contributed by atoms with Crippen LogP contribution in [-0.2, 0) is 4.74 Å². The quantitative estimate of drug-likeness (QED) is 0.544. The molecule has 0 aliphatic carbocycles. The van der Waals surface area contributed by atoms with Crippen LogP contribution in [0.4, 0.5) is 5.69 Å². The summed E-state index contributed by atoms with van der Waals surface area (Å²) in [5, 5.41) is 0. The summed E-state index contributed by atoms with van der Waals surface area (Å²) in [6.45, 7) is 7.70. The summed E-state index contributed by atoms with van der Waals surface area (Å²) in [4.78, 5) is 11.2. The molecule has 1 N–H and O–H groups in total. The molecular formula is C12H18KNO2. The first-order valence-electron chi connectivity index (χ1n) is 4.97. The molecule has 0 bridgehead atoms. The van der Waals surface area contributed by atoms with Crippen LogP contribution in [0.5, 0.6) is 0 Å². The molecule has 0 heterocycles. The van der Waals surface area contributed by atoms with Gasteiger partial charge in [-0.1, -0.05) is 31.0 Å². The number of aryl methyl sites for hydroxylation is 2. The third-order valence-corrected chi connectivity index (χ3v) is 1.89. The number of hydrogen-bond acceptors (Lipinski definition) is 2. The van der Waals surface area contributed by atoms with E-state index in [0.717, 1.165) is 11.1 Å². The van der Waals surface area contributed by atoms with Crippen molar-refractivity contribution in [1.29, 1.82) is 0 Å². The molecule has 0 radical (unpaired) electrons. The Morgan fingerprint density at radius 3 is 2.19 bits per heavy atom. The van der Waals surface area contributed by atoms with Crippen LogP contribution in [-0.4, -0.2) is 13.1 Å². The minimum absolute atomic E-state index is 0. The van der Waals surface area contributed by atoms with Gasteiger partial charge in [0.2, 0.25) is 0 Å². The first-order chi connectivity index (χ1) is 7.06. The van der Waals surface area contributed by atoms with E-state index in [4.69, 9.17) is 5.73 Å². The third kappa shape index (κ3) is 4.97. The van der Waals surface area contributed by atoms with Gasteiger partial charge in [0.25, 0.3) is 0 Å². The summed E-state index contributed by atoms with van der Waals surface area (Å²) in [6, 6.07) is 3.54. The smallest absolute Gasteiger partial charge is 0.698 e. The van der Waals surface area contributed by atoms with E-state index in [1.807, 2.05) is 33.8 Å². The first kappa shape index (κ1) is 18.5. The van der Waals surface area contributed by atoms with Crippen molar-refractivity contribution in [2.45, 2.75) is 27.7 Å². The van der Waals surface area contributed by atoms with Crippen molar-refractivity contribution >= 4 is 11.7 Å². The zero-order valence-corrected chi connectivity index (χ0v) is 14.1. The Balaban J connectivity index is 0. The van der Waals surface area contributed by atoms with Gasteiger partial charge in [-0.25, -0.2) is 4.79 Å². The van der Waals surface area contributed by atoms with E-state index in [1.165, 1.54) is 7.11 Å². The molecule has 16 heavy (non-hydrogen) atoms. The summed E-state index contributed by atoms with van der Waals surface area (Å²) in [5.74, 6) is -0.447. The largest absolute Gasteiger partial charge is 1.00 e. The Bertz CT molecular complexity index is 351. The molecule has 4 heteroatoms. The number of carbonyl (C=O) groups is 1. The van der Waals surface area contributed by atoms with Gasteiger partial charge in [-0.05, 0) is 19.9 Å². The van der Waals surface area contributed by atoms with Crippen molar-refractivity contribution < 1.29 is 60.9 Å². The summed E-state index contributed by atoms with van der Waals surface area (Å²) in [5.41, 5.74) is 9.96. The van der Waals surface area contributed by atoms with E-state index in [2.05, 4.69) is 4.74 Å². The fourth-order valence-corrected chi connectivity index (χ4v) is 1.24. The van der Waals surface area contributed by atoms with Crippen molar-refractivity contribution in [1.82, 2.24) is 0 Å². The number of methoxy groups -OCH3 is 1. The number of benzene rings is 1. The van der Waals surface area contributed by atoms with Crippen LogP contribution in [0.25, 0.3) is 5.73 Å². The van der Waals surface area contributed by atoms with Crippen LogP contribution in [0.2, 0.25) is 0 Å². The number of nitrogens with one attached hydrogen (secondary N) is 1. The fourth-order valence-electron chi connectivity index (χ4n) is 1.24. The van der Waals surface area contributed by atoms with Gasteiger partial charge < -0.3 is 10.5 Å². The number of ether oxygens (including phenoxy) is 1. The van der Waals surface area contributed by atoms with Gasteiger partial charge in [0.15, 0.2) is 0 Å². The Hall–Kier alpha value is 0.126. The Kier molecular flexibility index (Phi) is 10.6. The summed E-state index contributed by atoms with van der Waals surface area (Å²) >= 11 is 0. The van der Waals surface area contributed by atoms with E-state index in [0.29, 0.717) is 5.56 Å². The van der Waals surface area contributed by atoms with Crippen molar-refractivity contribution in [3.05, 3.63) is 34.6 Å². The number of esters is 1. The van der Waals surface area contributed by atoms with Gasteiger partial charge in [0.05, 0.1) is 7.11 Å².